The van der Waals surface area contributed by atoms with Gasteiger partial charge in [0.15, 0.2) is 0 Å². The zero-order valence-electron chi connectivity index (χ0n) is 11.3. The van der Waals surface area contributed by atoms with Crippen molar-refractivity contribution in [3.8, 4) is 0 Å². The summed E-state index contributed by atoms with van der Waals surface area (Å²) < 4.78 is 13.3. The summed E-state index contributed by atoms with van der Waals surface area (Å²) in [6.07, 6.45) is 2.18. The fourth-order valence-electron chi connectivity index (χ4n) is 2.81. The molecule has 0 radical (unpaired) electrons. The Kier molecular flexibility index (Phi) is 3.02. The van der Waals surface area contributed by atoms with Gasteiger partial charge in [-0.15, -0.1) is 0 Å². The number of hydrogen-bond donors (Lipinski definition) is 1. The van der Waals surface area contributed by atoms with Crippen LogP contribution in [0.4, 0.5) is 10.1 Å². The van der Waals surface area contributed by atoms with Gasteiger partial charge in [-0.05, 0) is 55.5 Å². The second-order valence-electron chi connectivity index (χ2n) is 5.40. The molecule has 0 amide bonds. The average molecular weight is 255 g/mol. The zero-order chi connectivity index (χ0) is 13.4. The standard InChI is InChI=1S/C17H18FN/c1-11-3-5-13-6-8-16(15(13)9-11)19-17-10-14(18)7-4-12(17)2/h3-5,7,9-10,16,19H,6,8H2,1-2H3. The molecule has 1 aliphatic carbocycles. The van der Waals surface area contributed by atoms with Crippen molar-refractivity contribution < 1.29 is 4.39 Å². The first-order valence-corrected chi connectivity index (χ1v) is 6.75. The highest BCUT2D eigenvalue weighted by Gasteiger charge is 2.22. The molecule has 0 aliphatic heterocycles. The van der Waals surface area contributed by atoms with Crippen molar-refractivity contribution >= 4 is 5.69 Å². The Hall–Kier alpha value is -1.83. The van der Waals surface area contributed by atoms with E-state index >= 15 is 0 Å². The van der Waals surface area contributed by atoms with Crippen LogP contribution in [0.15, 0.2) is 36.4 Å². The number of fused-ring (bicyclic) bond motifs is 1. The second kappa shape index (κ2) is 4.69. The van der Waals surface area contributed by atoms with Gasteiger partial charge in [0, 0.05) is 5.69 Å². The van der Waals surface area contributed by atoms with Crippen LogP contribution < -0.4 is 5.32 Å². The number of anilines is 1. The maximum Gasteiger partial charge on any atom is 0.125 e. The lowest BCUT2D eigenvalue weighted by Crippen LogP contribution is -2.08. The molecule has 3 rings (SSSR count). The minimum absolute atomic E-state index is 0.185. The van der Waals surface area contributed by atoms with E-state index in [1.807, 2.05) is 13.0 Å². The molecule has 0 bridgehead atoms. The normalized spacial score (nSPS) is 17.3. The molecule has 98 valence electrons. The Morgan fingerprint density at radius 1 is 1.11 bits per heavy atom. The van der Waals surface area contributed by atoms with Gasteiger partial charge in [-0.1, -0.05) is 29.8 Å². The minimum atomic E-state index is -0.185. The smallest absolute Gasteiger partial charge is 0.125 e. The Bertz CT molecular complexity index is 619. The van der Waals surface area contributed by atoms with E-state index < -0.39 is 0 Å². The molecule has 0 spiro atoms. The summed E-state index contributed by atoms with van der Waals surface area (Å²) in [4.78, 5) is 0. The van der Waals surface area contributed by atoms with Crippen molar-refractivity contribution in [2.75, 3.05) is 5.32 Å². The van der Waals surface area contributed by atoms with E-state index in [-0.39, 0.29) is 5.82 Å². The van der Waals surface area contributed by atoms with Crippen molar-refractivity contribution in [3.63, 3.8) is 0 Å². The van der Waals surface area contributed by atoms with Crippen LogP contribution in [0.3, 0.4) is 0 Å². The number of rotatable bonds is 2. The minimum Gasteiger partial charge on any atom is -0.378 e. The second-order valence-corrected chi connectivity index (χ2v) is 5.40. The summed E-state index contributed by atoms with van der Waals surface area (Å²) in [5.74, 6) is -0.185. The molecular weight excluding hydrogens is 237 g/mol. The third-order valence-electron chi connectivity index (χ3n) is 3.91. The highest BCUT2D eigenvalue weighted by atomic mass is 19.1. The molecule has 1 nitrogen and oxygen atoms in total. The highest BCUT2D eigenvalue weighted by molar-refractivity contribution is 5.54. The molecule has 0 saturated heterocycles. The van der Waals surface area contributed by atoms with Crippen LogP contribution in [0, 0.1) is 19.7 Å². The van der Waals surface area contributed by atoms with Gasteiger partial charge in [-0.2, -0.15) is 0 Å². The summed E-state index contributed by atoms with van der Waals surface area (Å²) in [5.41, 5.74) is 6.05. The molecule has 2 aromatic rings. The fraction of sp³-hybridized carbons (Fsp3) is 0.294. The third-order valence-corrected chi connectivity index (χ3v) is 3.91. The lowest BCUT2D eigenvalue weighted by molar-refractivity contribution is 0.627. The quantitative estimate of drug-likeness (QED) is 0.830. The van der Waals surface area contributed by atoms with Crippen LogP contribution in [-0.2, 0) is 6.42 Å². The summed E-state index contributed by atoms with van der Waals surface area (Å²) >= 11 is 0. The predicted molar refractivity (Wildman–Crippen MR) is 77.0 cm³/mol. The van der Waals surface area contributed by atoms with Crippen molar-refractivity contribution in [1.29, 1.82) is 0 Å². The van der Waals surface area contributed by atoms with E-state index in [9.17, 15) is 4.39 Å². The largest absolute Gasteiger partial charge is 0.378 e. The first-order chi connectivity index (χ1) is 9.13. The summed E-state index contributed by atoms with van der Waals surface area (Å²) in [6, 6.07) is 11.8. The van der Waals surface area contributed by atoms with Gasteiger partial charge < -0.3 is 5.32 Å². The molecule has 1 atom stereocenters. The Morgan fingerprint density at radius 2 is 1.95 bits per heavy atom. The maximum absolute atomic E-state index is 13.3. The van der Waals surface area contributed by atoms with E-state index in [2.05, 4.69) is 30.4 Å². The molecular formula is C17H18FN. The van der Waals surface area contributed by atoms with Crippen LogP contribution in [0.25, 0.3) is 0 Å². The molecule has 2 heteroatoms. The molecule has 0 heterocycles. The fourth-order valence-corrected chi connectivity index (χ4v) is 2.81. The summed E-state index contributed by atoms with van der Waals surface area (Å²) in [6.45, 7) is 4.12. The molecule has 1 aliphatic rings. The van der Waals surface area contributed by atoms with Crippen LogP contribution in [0.5, 0.6) is 0 Å². The Labute approximate surface area is 113 Å². The average Bonchev–Trinajstić information content (AvgIpc) is 2.77. The topological polar surface area (TPSA) is 12.0 Å². The van der Waals surface area contributed by atoms with Crippen molar-refractivity contribution in [2.45, 2.75) is 32.7 Å². The number of aryl methyl sites for hydroxylation is 3. The maximum atomic E-state index is 13.3. The van der Waals surface area contributed by atoms with E-state index in [1.54, 1.807) is 6.07 Å². The van der Waals surface area contributed by atoms with Gasteiger partial charge >= 0.3 is 0 Å². The molecule has 19 heavy (non-hydrogen) atoms. The molecule has 1 N–H and O–H groups in total. The lowest BCUT2D eigenvalue weighted by atomic mass is 10.0. The third kappa shape index (κ3) is 2.35. The van der Waals surface area contributed by atoms with E-state index in [0.717, 1.165) is 24.1 Å². The van der Waals surface area contributed by atoms with E-state index in [0.29, 0.717) is 6.04 Å². The van der Waals surface area contributed by atoms with Gasteiger partial charge in [0.25, 0.3) is 0 Å². The lowest BCUT2D eigenvalue weighted by Gasteiger charge is -2.18. The van der Waals surface area contributed by atoms with Crippen LogP contribution in [-0.4, -0.2) is 0 Å². The highest BCUT2D eigenvalue weighted by Crippen LogP contribution is 2.35. The summed E-state index contributed by atoms with van der Waals surface area (Å²) in [7, 11) is 0. The molecule has 0 aromatic heterocycles. The van der Waals surface area contributed by atoms with E-state index in [4.69, 9.17) is 0 Å². The van der Waals surface area contributed by atoms with Gasteiger partial charge in [-0.3, -0.25) is 0 Å². The SMILES string of the molecule is Cc1ccc2c(c1)C(Nc1cc(F)ccc1C)CC2. The molecule has 0 saturated carbocycles. The monoisotopic (exact) mass is 255 g/mol. The van der Waals surface area contributed by atoms with Crippen molar-refractivity contribution in [2.24, 2.45) is 0 Å². The Morgan fingerprint density at radius 3 is 2.79 bits per heavy atom. The first kappa shape index (κ1) is 12.2. The predicted octanol–water partition coefficient (Wildman–Crippen LogP) is 4.54. The number of halogens is 1. The molecule has 0 fully saturated rings. The summed E-state index contributed by atoms with van der Waals surface area (Å²) in [5, 5.41) is 3.49. The van der Waals surface area contributed by atoms with Crippen LogP contribution in [0.2, 0.25) is 0 Å². The van der Waals surface area contributed by atoms with Crippen LogP contribution >= 0.6 is 0 Å². The van der Waals surface area contributed by atoms with Gasteiger partial charge in [0.1, 0.15) is 5.82 Å². The first-order valence-electron chi connectivity index (χ1n) is 6.75. The number of benzene rings is 2. The number of nitrogens with one attached hydrogen (secondary N) is 1. The van der Waals surface area contributed by atoms with E-state index in [1.165, 1.54) is 22.8 Å². The van der Waals surface area contributed by atoms with Gasteiger partial charge in [0.2, 0.25) is 0 Å². The molecule has 1 unspecified atom stereocenters. The van der Waals surface area contributed by atoms with Crippen LogP contribution in [0.1, 0.15) is 34.7 Å². The Balaban J connectivity index is 1.90. The van der Waals surface area contributed by atoms with Crippen molar-refractivity contribution in [3.05, 3.63) is 64.5 Å². The number of hydrogen-bond acceptors (Lipinski definition) is 1. The molecule has 2 aromatic carbocycles. The zero-order valence-corrected chi connectivity index (χ0v) is 11.3. The van der Waals surface area contributed by atoms with Gasteiger partial charge in [0.05, 0.1) is 6.04 Å². The van der Waals surface area contributed by atoms with Crippen molar-refractivity contribution in [1.82, 2.24) is 0 Å². The van der Waals surface area contributed by atoms with Gasteiger partial charge in [-0.25, -0.2) is 4.39 Å².